The van der Waals surface area contributed by atoms with Crippen molar-refractivity contribution in [2.75, 3.05) is 0 Å². The van der Waals surface area contributed by atoms with E-state index in [2.05, 4.69) is 0 Å². The zero-order valence-electron chi connectivity index (χ0n) is 9.06. The zero-order valence-corrected chi connectivity index (χ0v) is 9.06. The molecule has 0 aliphatic rings. The fourth-order valence-electron chi connectivity index (χ4n) is 1.81. The Balaban J connectivity index is 3.08. The molecule has 5 nitrogen and oxygen atoms in total. The van der Waals surface area contributed by atoms with E-state index in [0.717, 1.165) is 0 Å². The van der Waals surface area contributed by atoms with Crippen LogP contribution in [-0.2, 0) is 13.6 Å². The van der Waals surface area contributed by atoms with Gasteiger partial charge in [0.05, 0.1) is 19.8 Å². The molecule has 0 atom stereocenters. The summed E-state index contributed by atoms with van der Waals surface area (Å²) >= 11 is 0. The molecule has 2 aromatic rings. The lowest BCUT2D eigenvalue weighted by molar-refractivity contribution is -0.647. The molecule has 0 aliphatic carbocycles. The fraction of sp³-hybridized carbons (Fsp3) is 0.400. The van der Waals surface area contributed by atoms with Crippen LogP contribution in [0.25, 0.3) is 5.78 Å². The van der Waals surface area contributed by atoms with Gasteiger partial charge in [0.1, 0.15) is 11.8 Å². The molecule has 0 fully saturated rings. The van der Waals surface area contributed by atoms with E-state index in [-0.39, 0.29) is 11.4 Å². The van der Waals surface area contributed by atoms with Crippen molar-refractivity contribution in [3.05, 3.63) is 28.3 Å². The van der Waals surface area contributed by atoms with E-state index < -0.39 is 0 Å². The largest absolute Gasteiger partial charge is 0.483 e. The average Bonchev–Trinajstić information content (AvgIpc) is 2.59. The molecule has 80 valence electrons. The molecule has 2 heterocycles. The highest BCUT2D eigenvalue weighted by Crippen LogP contribution is 2.13. The third kappa shape index (κ3) is 1.16. The van der Waals surface area contributed by atoms with Gasteiger partial charge in [-0.05, 0) is 13.8 Å². The number of nitrogens with zero attached hydrogens (tertiary/aromatic N) is 3. The minimum atomic E-state index is -0.173. The highest BCUT2D eigenvalue weighted by molar-refractivity contribution is 5.34. The summed E-state index contributed by atoms with van der Waals surface area (Å²) in [6, 6.07) is 0. The summed E-state index contributed by atoms with van der Waals surface area (Å²) in [5.41, 5.74) is 0.202. The minimum absolute atomic E-state index is 0.0456. The van der Waals surface area contributed by atoms with Gasteiger partial charge in [0.15, 0.2) is 0 Å². The highest BCUT2D eigenvalue weighted by atomic mass is 16.3. The Hall–Kier alpha value is -1.78. The Morgan fingerprint density at radius 1 is 1.53 bits per heavy atom. The van der Waals surface area contributed by atoms with Crippen LogP contribution in [0.15, 0.2) is 17.2 Å². The molecular weight excluding hydrogens is 194 g/mol. The predicted octanol–water partition coefficient (Wildman–Crippen LogP) is -0.0406. The van der Waals surface area contributed by atoms with Gasteiger partial charge in [0, 0.05) is 0 Å². The summed E-state index contributed by atoms with van der Waals surface area (Å²) in [4.78, 5) is 11.8. The summed E-state index contributed by atoms with van der Waals surface area (Å²) in [5, 5.41) is 9.86. The second kappa shape index (κ2) is 3.12. The predicted molar refractivity (Wildman–Crippen MR) is 54.9 cm³/mol. The number of aromatic nitrogens is 3. The second-order valence-corrected chi connectivity index (χ2v) is 3.58. The SMILES string of the molecule is CCn1c(O)c(C)c(=O)n2cc[n+](C)c12. The second-order valence-electron chi connectivity index (χ2n) is 3.58. The number of imidazole rings is 1. The third-order valence-corrected chi connectivity index (χ3v) is 2.66. The van der Waals surface area contributed by atoms with Gasteiger partial charge in [0.2, 0.25) is 0 Å². The van der Waals surface area contributed by atoms with Crippen LogP contribution in [0.4, 0.5) is 0 Å². The van der Waals surface area contributed by atoms with Gasteiger partial charge in [-0.25, -0.2) is 9.36 Å². The monoisotopic (exact) mass is 208 g/mol. The molecular formula is C10H14N3O2+. The molecule has 0 bridgehead atoms. The Bertz CT molecular complexity index is 580. The Kier molecular flexibility index (Phi) is 2.03. The summed E-state index contributed by atoms with van der Waals surface area (Å²) in [5.74, 6) is 0.731. The van der Waals surface area contributed by atoms with Crippen LogP contribution in [0.2, 0.25) is 0 Å². The van der Waals surface area contributed by atoms with Crippen molar-refractivity contribution in [2.24, 2.45) is 7.05 Å². The summed E-state index contributed by atoms with van der Waals surface area (Å²) in [6.07, 6.45) is 3.50. The van der Waals surface area contributed by atoms with Crippen molar-refractivity contribution in [3.8, 4) is 5.88 Å². The molecule has 5 heteroatoms. The van der Waals surface area contributed by atoms with Crippen molar-refractivity contribution >= 4 is 5.78 Å². The van der Waals surface area contributed by atoms with E-state index >= 15 is 0 Å². The Morgan fingerprint density at radius 3 is 2.80 bits per heavy atom. The van der Waals surface area contributed by atoms with Gasteiger partial charge in [-0.2, -0.15) is 8.97 Å². The van der Waals surface area contributed by atoms with E-state index in [1.807, 2.05) is 18.5 Å². The maximum atomic E-state index is 11.8. The zero-order chi connectivity index (χ0) is 11.2. The minimum Gasteiger partial charge on any atom is -0.483 e. The van der Waals surface area contributed by atoms with Crippen molar-refractivity contribution in [3.63, 3.8) is 0 Å². The first kappa shape index (κ1) is 9.76. The quantitative estimate of drug-likeness (QED) is 0.668. The summed E-state index contributed by atoms with van der Waals surface area (Å²) < 4.78 is 5.05. The van der Waals surface area contributed by atoms with Crippen LogP contribution >= 0.6 is 0 Å². The van der Waals surface area contributed by atoms with Crippen LogP contribution in [0.1, 0.15) is 12.5 Å². The lowest BCUT2D eigenvalue weighted by Gasteiger charge is -2.04. The number of aryl methyl sites for hydroxylation is 2. The number of fused-ring (bicyclic) bond motifs is 1. The third-order valence-electron chi connectivity index (χ3n) is 2.66. The molecule has 0 unspecified atom stereocenters. The fourth-order valence-corrected chi connectivity index (χ4v) is 1.81. The lowest BCUT2D eigenvalue weighted by atomic mass is 10.3. The van der Waals surface area contributed by atoms with Crippen molar-refractivity contribution in [1.29, 1.82) is 0 Å². The van der Waals surface area contributed by atoms with E-state index in [4.69, 9.17) is 0 Å². The number of hydrogen-bond acceptors (Lipinski definition) is 2. The molecule has 0 amide bonds. The Labute approximate surface area is 86.8 Å². The first-order valence-electron chi connectivity index (χ1n) is 4.87. The van der Waals surface area contributed by atoms with Gasteiger partial charge in [0.25, 0.3) is 5.88 Å². The molecule has 2 aromatic heterocycles. The van der Waals surface area contributed by atoms with Crippen LogP contribution in [0.5, 0.6) is 5.88 Å². The maximum Gasteiger partial charge on any atom is 0.374 e. The normalized spacial score (nSPS) is 11.1. The van der Waals surface area contributed by atoms with Gasteiger partial charge < -0.3 is 5.11 Å². The van der Waals surface area contributed by atoms with Gasteiger partial charge in [-0.15, -0.1) is 0 Å². The van der Waals surface area contributed by atoms with Crippen molar-refractivity contribution in [2.45, 2.75) is 20.4 Å². The molecule has 0 saturated carbocycles. The summed E-state index contributed by atoms with van der Waals surface area (Å²) in [6.45, 7) is 4.17. The molecule has 0 spiro atoms. The number of rotatable bonds is 1. The topological polar surface area (TPSA) is 50.5 Å². The number of hydrogen-bond donors (Lipinski definition) is 1. The van der Waals surface area contributed by atoms with Crippen LogP contribution in [0.3, 0.4) is 0 Å². The standard InChI is InChI=1S/C10H13N3O2/c1-4-12-8(14)7(2)9(15)13-6-5-11(3)10(12)13/h5-6H,4H2,1-3H3/p+1. The highest BCUT2D eigenvalue weighted by Gasteiger charge is 2.20. The van der Waals surface area contributed by atoms with Gasteiger partial charge in [-0.3, -0.25) is 0 Å². The van der Waals surface area contributed by atoms with E-state index in [1.165, 1.54) is 0 Å². The first-order chi connectivity index (χ1) is 7.07. The molecule has 0 saturated heterocycles. The molecule has 0 aromatic carbocycles. The summed E-state index contributed by atoms with van der Waals surface area (Å²) in [7, 11) is 1.84. The molecule has 2 rings (SSSR count). The van der Waals surface area contributed by atoms with E-state index in [0.29, 0.717) is 17.9 Å². The van der Waals surface area contributed by atoms with E-state index in [9.17, 15) is 9.90 Å². The molecule has 0 aliphatic heterocycles. The van der Waals surface area contributed by atoms with Crippen LogP contribution in [-0.4, -0.2) is 14.1 Å². The maximum absolute atomic E-state index is 11.8. The smallest absolute Gasteiger partial charge is 0.374 e. The lowest BCUT2D eigenvalue weighted by Crippen LogP contribution is -2.33. The van der Waals surface area contributed by atoms with Gasteiger partial charge in [-0.1, -0.05) is 0 Å². The van der Waals surface area contributed by atoms with Crippen LogP contribution in [0, 0.1) is 6.92 Å². The van der Waals surface area contributed by atoms with Crippen molar-refractivity contribution in [1.82, 2.24) is 8.97 Å². The van der Waals surface area contributed by atoms with E-state index in [1.54, 1.807) is 28.3 Å². The molecule has 15 heavy (non-hydrogen) atoms. The van der Waals surface area contributed by atoms with Crippen LogP contribution < -0.4 is 10.1 Å². The molecule has 1 N–H and O–H groups in total. The number of aromatic hydroxyl groups is 1. The van der Waals surface area contributed by atoms with Gasteiger partial charge >= 0.3 is 11.3 Å². The molecule has 0 radical (unpaired) electrons. The van der Waals surface area contributed by atoms with Crippen molar-refractivity contribution < 1.29 is 9.67 Å². The first-order valence-corrected chi connectivity index (χ1v) is 4.87. The Morgan fingerprint density at radius 2 is 2.20 bits per heavy atom. The average molecular weight is 208 g/mol.